The molecule has 1 aliphatic heterocycles. The summed E-state index contributed by atoms with van der Waals surface area (Å²) in [5.41, 5.74) is 5.71. The minimum Gasteiger partial charge on any atom is -0.429 e. The molecular formula is C28H40O2. The van der Waals surface area contributed by atoms with E-state index in [4.69, 9.17) is 9.15 Å². The van der Waals surface area contributed by atoms with Gasteiger partial charge in [0.2, 0.25) is 0 Å². The molecule has 0 atom stereocenters. The monoisotopic (exact) mass is 408 g/mol. The lowest BCUT2D eigenvalue weighted by Crippen LogP contribution is -2.17. The molecular weight excluding hydrogens is 368 g/mol. The molecule has 1 aromatic heterocycles. The van der Waals surface area contributed by atoms with Crippen LogP contribution in [0.4, 0.5) is 0 Å². The van der Waals surface area contributed by atoms with Crippen molar-refractivity contribution in [3.05, 3.63) is 46.2 Å². The number of benzene rings is 1. The van der Waals surface area contributed by atoms with E-state index in [0.29, 0.717) is 5.95 Å². The van der Waals surface area contributed by atoms with E-state index in [9.17, 15) is 0 Å². The smallest absolute Gasteiger partial charge is 0.298 e. The molecule has 3 rings (SSSR count). The molecule has 0 aliphatic carbocycles. The number of rotatable bonds is 0. The van der Waals surface area contributed by atoms with Crippen LogP contribution in [0.15, 0.2) is 34.0 Å². The highest BCUT2D eigenvalue weighted by Crippen LogP contribution is 2.46. The molecule has 0 radical (unpaired) electrons. The van der Waals surface area contributed by atoms with Gasteiger partial charge in [0.15, 0.2) is 0 Å². The Morgan fingerprint density at radius 1 is 0.633 bits per heavy atom. The SMILES string of the molecule is CC(C)(C)C1=Cc2c(oc3c(C(C)(C)C)cc(C(C)(C)C)cc23)OC(C(C)(C)C)=C1. The Balaban J connectivity index is 2.42. The molecule has 2 heterocycles. The molecule has 2 aromatic rings. The minimum absolute atomic E-state index is 0.000439. The summed E-state index contributed by atoms with van der Waals surface area (Å²) in [7, 11) is 0. The van der Waals surface area contributed by atoms with Crippen LogP contribution in [0, 0.1) is 10.8 Å². The largest absolute Gasteiger partial charge is 0.429 e. The van der Waals surface area contributed by atoms with Gasteiger partial charge in [-0.2, -0.15) is 0 Å². The first kappa shape index (κ1) is 22.7. The first-order valence-electron chi connectivity index (χ1n) is 11.1. The predicted molar refractivity (Wildman–Crippen MR) is 129 cm³/mol. The Kier molecular flexibility index (Phi) is 5.13. The van der Waals surface area contributed by atoms with Gasteiger partial charge in [0, 0.05) is 16.4 Å². The molecule has 0 unspecified atom stereocenters. The van der Waals surface area contributed by atoms with E-state index >= 15 is 0 Å². The zero-order valence-electron chi connectivity index (χ0n) is 21.1. The van der Waals surface area contributed by atoms with E-state index in [1.54, 1.807) is 0 Å². The van der Waals surface area contributed by atoms with Gasteiger partial charge in [-0.25, -0.2) is 0 Å². The number of hydrogen-bond donors (Lipinski definition) is 0. The molecule has 1 aromatic carbocycles. The van der Waals surface area contributed by atoms with Crippen LogP contribution in [-0.2, 0) is 10.8 Å². The molecule has 30 heavy (non-hydrogen) atoms. The zero-order valence-corrected chi connectivity index (χ0v) is 21.1. The summed E-state index contributed by atoms with van der Waals surface area (Å²) in [6, 6.07) is 4.62. The predicted octanol–water partition coefficient (Wildman–Crippen LogP) is 8.78. The highest BCUT2D eigenvalue weighted by molar-refractivity contribution is 5.94. The first-order chi connectivity index (χ1) is 13.4. The number of hydrogen-bond acceptors (Lipinski definition) is 2. The average Bonchev–Trinajstić information content (AvgIpc) is 2.73. The summed E-state index contributed by atoms with van der Waals surface area (Å²) in [4.78, 5) is 0. The van der Waals surface area contributed by atoms with Crippen LogP contribution in [0.3, 0.4) is 0 Å². The van der Waals surface area contributed by atoms with Gasteiger partial charge in [0.05, 0.1) is 5.56 Å². The van der Waals surface area contributed by atoms with Crippen molar-refractivity contribution >= 4 is 17.0 Å². The van der Waals surface area contributed by atoms with Gasteiger partial charge in [0.1, 0.15) is 11.3 Å². The van der Waals surface area contributed by atoms with Crippen molar-refractivity contribution < 1.29 is 9.15 Å². The lowest BCUT2D eigenvalue weighted by Gasteiger charge is -2.26. The quantitative estimate of drug-likeness (QED) is 0.434. The van der Waals surface area contributed by atoms with Crippen molar-refractivity contribution in [1.82, 2.24) is 0 Å². The van der Waals surface area contributed by atoms with Crippen molar-refractivity contribution in [3.8, 4) is 5.95 Å². The zero-order chi connectivity index (χ0) is 22.9. The van der Waals surface area contributed by atoms with Crippen LogP contribution < -0.4 is 4.74 Å². The third kappa shape index (κ3) is 4.24. The standard InChI is InChI=1S/C28H40O2/c1-25(2,3)17-13-19-20-14-18(26(4,5)6)16-22(28(10,11)12)29-24(20)30-23(19)21(15-17)27(7,8)9/h13-16H,1-12H3. The lowest BCUT2D eigenvalue weighted by atomic mass is 9.79. The average molecular weight is 409 g/mol. The summed E-state index contributed by atoms with van der Waals surface area (Å²) in [6.07, 6.45) is 4.48. The van der Waals surface area contributed by atoms with E-state index in [-0.39, 0.29) is 21.7 Å². The van der Waals surface area contributed by atoms with Crippen molar-refractivity contribution in [2.75, 3.05) is 0 Å². The van der Waals surface area contributed by atoms with Crippen LogP contribution in [0.25, 0.3) is 17.0 Å². The first-order valence-corrected chi connectivity index (χ1v) is 11.1. The molecule has 1 aliphatic rings. The van der Waals surface area contributed by atoms with Crippen LogP contribution in [0.2, 0.25) is 0 Å². The Morgan fingerprint density at radius 3 is 1.70 bits per heavy atom. The maximum atomic E-state index is 6.47. The fourth-order valence-corrected chi connectivity index (χ4v) is 3.67. The second-order valence-electron chi connectivity index (χ2n) is 12.9. The number of ether oxygens (including phenoxy) is 1. The van der Waals surface area contributed by atoms with Crippen LogP contribution in [0.5, 0.6) is 5.95 Å². The fraction of sp³-hybridized carbons (Fsp3) is 0.571. The fourth-order valence-electron chi connectivity index (χ4n) is 3.67. The minimum atomic E-state index is -0.117. The third-order valence-corrected chi connectivity index (χ3v) is 5.86. The summed E-state index contributed by atoms with van der Waals surface area (Å²) in [5.74, 6) is 1.55. The van der Waals surface area contributed by atoms with Gasteiger partial charge in [-0.3, -0.25) is 0 Å². The van der Waals surface area contributed by atoms with E-state index in [0.717, 1.165) is 22.3 Å². The molecule has 2 nitrogen and oxygen atoms in total. The van der Waals surface area contributed by atoms with Crippen molar-refractivity contribution in [2.24, 2.45) is 10.8 Å². The molecule has 2 heteroatoms. The molecule has 0 fully saturated rings. The second kappa shape index (κ2) is 6.77. The van der Waals surface area contributed by atoms with Gasteiger partial charge < -0.3 is 9.15 Å². The molecule has 0 amide bonds. The molecule has 0 saturated heterocycles. The molecule has 0 bridgehead atoms. The summed E-state index contributed by atoms with van der Waals surface area (Å²) in [6.45, 7) is 26.9. The van der Waals surface area contributed by atoms with E-state index in [1.807, 2.05) is 0 Å². The summed E-state index contributed by atoms with van der Waals surface area (Å²) < 4.78 is 12.9. The molecule has 0 N–H and O–H groups in total. The van der Waals surface area contributed by atoms with Gasteiger partial charge in [-0.15, -0.1) is 0 Å². The van der Waals surface area contributed by atoms with Crippen LogP contribution >= 0.6 is 0 Å². The van der Waals surface area contributed by atoms with Gasteiger partial charge >= 0.3 is 0 Å². The maximum Gasteiger partial charge on any atom is 0.298 e. The highest BCUT2D eigenvalue weighted by Gasteiger charge is 2.32. The second-order valence-corrected chi connectivity index (χ2v) is 12.9. The normalized spacial score (nSPS) is 16.0. The van der Waals surface area contributed by atoms with Gasteiger partial charge in [-0.05, 0) is 45.6 Å². The van der Waals surface area contributed by atoms with E-state index < -0.39 is 0 Å². The topological polar surface area (TPSA) is 22.4 Å². The summed E-state index contributed by atoms with van der Waals surface area (Å²) in [5, 5.41) is 1.15. The van der Waals surface area contributed by atoms with Gasteiger partial charge in [0.25, 0.3) is 5.95 Å². The van der Waals surface area contributed by atoms with E-state index in [1.165, 1.54) is 16.7 Å². The molecule has 0 saturated carbocycles. The van der Waals surface area contributed by atoms with Crippen molar-refractivity contribution in [3.63, 3.8) is 0 Å². The Bertz CT molecular complexity index is 1030. The van der Waals surface area contributed by atoms with Crippen LogP contribution in [-0.4, -0.2) is 0 Å². The Hall–Kier alpha value is -1.96. The number of furan rings is 1. The lowest BCUT2D eigenvalue weighted by molar-refractivity contribution is 0.245. The Labute approximate surface area is 183 Å². The highest BCUT2D eigenvalue weighted by atomic mass is 16.6. The number of fused-ring (bicyclic) bond motifs is 3. The third-order valence-electron chi connectivity index (χ3n) is 5.86. The van der Waals surface area contributed by atoms with Crippen LogP contribution in [0.1, 0.15) is 99.8 Å². The van der Waals surface area contributed by atoms with E-state index in [2.05, 4.69) is 107 Å². The Morgan fingerprint density at radius 2 is 1.23 bits per heavy atom. The van der Waals surface area contributed by atoms with Gasteiger partial charge in [-0.1, -0.05) is 89.2 Å². The maximum absolute atomic E-state index is 6.47. The van der Waals surface area contributed by atoms with Crippen molar-refractivity contribution in [1.29, 1.82) is 0 Å². The van der Waals surface area contributed by atoms with Crippen molar-refractivity contribution in [2.45, 2.75) is 93.9 Å². The molecule has 164 valence electrons. The number of allylic oxidation sites excluding steroid dienone is 3. The summed E-state index contributed by atoms with van der Waals surface area (Å²) >= 11 is 0. The molecule has 0 spiro atoms.